The van der Waals surface area contributed by atoms with Crippen LogP contribution in [0.15, 0.2) is 0 Å². The molecule has 0 aliphatic heterocycles. The Morgan fingerprint density at radius 3 is 2.10 bits per heavy atom. The van der Waals surface area contributed by atoms with E-state index < -0.39 is 60.1 Å². The second kappa shape index (κ2) is 6.88. The van der Waals surface area contributed by atoms with Gasteiger partial charge in [-0.1, -0.05) is 0 Å². The van der Waals surface area contributed by atoms with Crippen molar-refractivity contribution in [2.45, 2.75) is 63.3 Å². The molecule has 11 heteroatoms. The Kier molecular flexibility index (Phi) is 5.20. The first-order valence-electron chi connectivity index (χ1n) is 9.28. The van der Waals surface area contributed by atoms with Crippen molar-refractivity contribution >= 4 is 17.7 Å². The van der Waals surface area contributed by atoms with Crippen LogP contribution in [0.3, 0.4) is 0 Å². The minimum absolute atomic E-state index is 0.00173. The number of ketones is 1. The molecule has 3 atom stereocenters. The van der Waals surface area contributed by atoms with E-state index >= 15 is 0 Å². The molecule has 3 unspecified atom stereocenters. The standard InChI is InChI=1S/C18H21F5O6/c1-15(19,20)2-3-28-17(13(25)26,18(21,22)23)29-14(27)16-6-9-4-10(7-16)12(24)11(5-9)8-16/h9-11H,2-8H2,1H3,(H,25,26). The predicted molar refractivity (Wildman–Crippen MR) is 84.7 cm³/mol. The lowest BCUT2D eigenvalue weighted by Gasteiger charge is -2.54. The van der Waals surface area contributed by atoms with Crippen LogP contribution in [0.2, 0.25) is 0 Å². The Bertz CT molecular complexity index is 697. The van der Waals surface area contributed by atoms with Gasteiger partial charge in [0, 0.05) is 18.3 Å². The van der Waals surface area contributed by atoms with Gasteiger partial charge in [0.15, 0.2) is 0 Å². The van der Waals surface area contributed by atoms with E-state index in [-0.39, 0.29) is 31.0 Å². The molecule has 0 aromatic carbocycles. The molecule has 4 saturated carbocycles. The number of ether oxygens (including phenoxy) is 2. The van der Waals surface area contributed by atoms with Gasteiger partial charge in [-0.05, 0) is 44.9 Å². The van der Waals surface area contributed by atoms with Crippen molar-refractivity contribution in [2.75, 3.05) is 6.61 Å². The first kappa shape index (κ1) is 21.9. The minimum atomic E-state index is -5.70. The molecule has 0 aromatic rings. The number of Topliss-reactive ketones (excluding diaryl/α,β-unsaturated/α-hetero) is 1. The SMILES string of the molecule is CC(F)(F)CCOC(OC(=O)C12CC3CC(C1)C(=O)C(C3)C2)(C(=O)O)C(F)(F)F. The van der Waals surface area contributed by atoms with E-state index in [1.807, 2.05) is 0 Å². The summed E-state index contributed by atoms with van der Waals surface area (Å²) in [5.41, 5.74) is -1.39. The molecule has 29 heavy (non-hydrogen) atoms. The third-order valence-electron chi connectivity index (χ3n) is 6.16. The van der Waals surface area contributed by atoms with Crippen molar-refractivity contribution in [3.8, 4) is 0 Å². The average Bonchev–Trinajstić information content (AvgIpc) is 2.55. The summed E-state index contributed by atoms with van der Waals surface area (Å²) in [7, 11) is 0. The minimum Gasteiger partial charge on any atom is -0.476 e. The van der Waals surface area contributed by atoms with Crippen molar-refractivity contribution in [3.63, 3.8) is 0 Å². The molecule has 164 valence electrons. The lowest BCUT2D eigenvalue weighted by Crippen LogP contribution is -2.61. The number of rotatable bonds is 7. The second-order valence-electron chi connectivity index (χ2n) is 8.50. The fourth-order valence-electron chi connectivity index (χ4n) is 5.01. The topological polar surface area (TPSA) is 89.9 Å². The lowest BCUT2D eigenvalue weighted by atomic mass is 9.49. The van der Waals surface area contributed by atoms with E-state index in [2.05, 4.69) is 9.47 Å². The highest BCUT2D eigenvalue weighted by molar-refractivity contribution is 5.91. The van der Waals surface area contributed by atoms with Crippen LogP contribution in [-0.2, 0) is 23.9 Å². The highest BCUT2D eigenvalue weighted by Crippen LogP contribution is 2.59. The van der Waals surface area contributed by atoms with Crippen LogP contribution >= 0.6 is 0 Å². The number of hydrogen-bond acceptors (Lipinski definition) is 5. The van der Waals surface area contributed by atoms with Gasteiger partial charge in [-0.25, -0.2) is 13.6 Å². The summed E-state index contributed by atoms with van der Waals surface area (Å²) in [6.45, 7) is -0.854. The molecule has 4 aliphatic carbocycles. The predicted octanol–water partition coefficient (Wildman–Crippen LogP) is 3.33. The quantitative estimate of drug-likeness (QED) is 0.380. The van der Waals surface area contributed by atoms with Gasteiger partial charge in [0.05, 0.1) is 12.0 Å². The number of carbonyl (C=O) groups excluding carboxylic acids is 2. The normalized spacial score (nSPS) is 33.4. The molecule has 4 fully saturated rings. The summed E-state index contributed by atoms with van der Waals surface area (Å²) in [6, 6.07) is 0. The maximum absolute atomic E-state index is 13.6. The molecule has 0 amide bonds. The molecule has 4 bridgehead atoms. The van der Waals surface area contributed by atoms with Crippen molar-refractivity contribution in [1.29, 1.82) is 0 Å². The molecule has 1 N–H and O–H groups in total. The van der Waals surface area contributed by atoms with E-state index in [1.165, 1.54) is 0 Å². The summed E-state index contributed by atoms with van der Waals surface area (Å²) >= 11 is 0. The smallest absolute Gasteiger partial charge is 0.468 e. The first-order chi connectivity index (χ1) is 13.2. The van der Waals surface area contributed by atoms with E-state index in [0.29, 0.717) is 19.8 Å². The number of aliphatic carboxylic acids is 1. The molecule has 6 nitrogen and oxygen atoms in total. The Labute approximate surface area is 162 Å². The number of halogens is 5. The van der Waals surface area contributed by atoms with Gasteiger partial charge >= 0.3 is 23.9 Å². The van der Waals surface area contributed by atoms with Crippen molar-refractivity contribution in [2.24, 2.45) is 23.2 Å². The molecule has 4 rings (SSSR count). The number of carboxylic acids is 1. The second-order valence-corrected chi connectivity index (χ2v) is 8.50. The van der Waals surface area contributed by atoms with Crippen LogP contribution in [0, 0.1) is 23.2 Å². The van der Waals surface area contributed by atoms with E-state index in [1.54, 1.807) is 0 Å². The fourth-order valence-corrected chi connectivity index (χ4v) is 5.01. The van der Waals surface area contributed by atoms with Gasteiger partial charge in [-0.15, -0.1) is 0 Å². The highest BCUT2D eigenvalue weighted by atomic mass is 19.4. The number of carbonyl (C=O) groups is 3. The molecular weight excluding hydrogens is 407 g/mol. The van der Waals surface area contributed by atoms with Gasteiger partial charge in [-0.3, -0.25) is 9.59 Å². The van der Waals surface area contributed by atoms with E-state index in [9.17, 15) is 41.4 Å². The third-order valence-corrected chi connectivity index (χ3v) is 6.16. The Morgan fingerprint density at radius 2 is 1.66 bits per heavy atom. The van der Waals surface area contributed by atoms with Crippen LogP contribution < -0.4 is 0 Å². The molecule has 0 radical (unpaired) electrons. The monoisotopic (exact) mass is 428 g/mol. The van der Waals surface area contributed by atoms with Gasteiger partial charge in [-0.2, -0.15) is 13.2 Å². The molecule has 0 saturated heterocycles. The number of carboxylic acid groups (broad SMARTS) is 1. The summed E-state index contributed by atoms with van der Waals surface area (Å²) < 4.78 is 75.5. The molecular formula is C18H21F5O6. The largest absolute Gasteiger partial charge is 0.476 e. The molecule has 0 aromatic heterocycles. The molecule has 0 heterocycles. The zero-order chi connectivity index (χ0) is 21.8. The summed E-state index contributed by atoms with van der Waals surface area (Å²) in [5, 5.41) is 9.20. The van der Waals surface area contributed by atoms with Crippen molar-refractivity contribution < 1.29 is 50.9 Å². The van der Waals surface area contributed by atoms with Crippen LogP contribution in [-0.4, -0.2) is 47.3 Å². The summed E-state index contributed by atoms with van der Waals surface area (Å²) in [4.78, 5) is 36.5. The summed E-state index contributed by atoms with van der Waals surface area (Å²) in [6.07, 6.45) is -5.59. The third kappa shape index (κ3) is 3.85. The fraction of sp³-hybridized carbons (Fsp3) is 0.833. The first-order valence-corrected chi connectivity index (χ1v) is 9.28. The van der Waals surface area contributed by atoms with E-state index in [4.69, 9.17) is 0 Å². The van der Waals surface area contributed by atoms with Gasteiger partial charge in [0.25, 0.3) is 0 Å². The maximum atomic E-state index is 13.6. The average molecular weight is 428 g/mol. The van der Waals surface area contributed by atoms with Crippen LogP contribution in [0.25, 0.3) is 0 Å². The zero-order valence-corrected chi connectivity index (χ0v) is 15.6. The lowest BCUT2D eigenvalue weighted by molar-refractivity contribution is -0.358. The highest BCUT2D eigenvalue weighted by Gasteiger charge is 2.69. The number of esters is 1. The summed E-state index contributed by atoms with van der Waals surface area (Å²) in [5.74, 6) is -12.8. The van der Waals surface area contributed by atoms with Crippen LogP contribution in [0.1, 0.15) is 45.4 Å². The molecule has 0 spiro atoms. The van der Waals surface area contributed by atoms with Crippen LogP contribution in [0.5, 0.6) is 0 Å². The number of alkyl halides is 5. The van der Waals surface area contributed by atoms with Gasteiger partial charge < -0.3 is 14.6 Å². The zero-order valence-electron chi connectivity index (χ0n) is 15.6. The van der Waals surface area contributed by atoms with Crippen LogP contribution in [0.4, 0.5) is 22.0 Å². The Morgan fingerprint density at radius 1 is 1.10 bits per heavy atom. The Balaban J connectivity index is 1.85. The number of hydrogen-bond donors (Lipinski definition) is 1. The molecule has 4 aliphatic rings. The van der Waals surface area contributed by atoms with Gasteiger partial charge in [0.2, 0.25) is 5.92 Å². The Hall–Kier alpha value is -1.78. The van der Waals surface area contributed by atoms with Crippen molar-refractivity contribution in [3.05, 3.63) is 0 Å². The maximum Gasteiger partial charge on any atom is 0.468 e. The van der Waals surface area contributed by atoms with Gasteiger partial charge in [0.1, 0.15) is 5.78 Å². The van der Waals surface area contributed by atoms with E-state index in [0.717, 1.165) is 0 Å². The van der Waals surface area contributed by atoms with Crippen molar-refractivity contribution in [1.82, 2.24) is 0 Å².